The lowest BCUT2D eigenvalue weighted by atomic mass is 10.1. The quantitative estimate of drug-likeness (QED) is 0.896. The Morgan fingerprint density at radius 1 is 1.44 bits per heavy atom. The highest BCUT2D eigenvalue weighted by molar-refractivity contribution is 7.89. The number of nitrogens with one attached hydrogen (secondary N) is 2. The van der Waals surface area contributed by atoms with Gasteiger partial charge in [0.05, 0.1) is 12.7 Å². The molecule has 2 rings (SSSR count). The zero-order valence-corrected chi connectivity index (χ0v) is 11.1. The fraction of sp³-hybridized carbons (Fsp3) is 0.182. The first kappa shape index (κ1) is 12.9. The van der Waals surface area contributed by atoms with Crippen molar-refractivity contribution in [3.63, 3.8) is 0 Å². The number of rotatable bonds is 3. The van der Waals surface area contributed by atoms with Crippen LogP contribution in [0.4, 0.5) is 0 Å². The SMILES string of the molecule is CS(=O)(=O)NC(=O)Cc1c[nH]c2cc(Cl)ccc12. The molecule has 0 saturated heterocycles. The van der Waals surface area contributed by atoms with Crippen LogP contribution >= 0.6 is 11.6 Å². The fourth-order valence-corrected chi connectivity index (χ4v) is 2.38. The van der Waals surface area contributed by atoms with Crippen molar-refractivity contribution < 1.29 is 13.2 Å². The molecule has 1 aromatic heterocycles. The molecule has 0 fully saturated rings. The summed E-state index contributed by atoms with van der Waals surface area (Å²) >= 11 is 5.84. The van der Waals surface area contributed by atoms with Gasteiger partial charge in [0.25, 0.3) is 0 Å². The summed E-state index contributed by atoms with van der Waals surface area (Å²) in [4.78, 5) is 14.5. The van der Waals surface area contributed by atoms with E-state index in [-0.39, 0.29) is 6.42 Å². The summed E-state index contributed by atoms with van der Waals surface area (Å²) in [6.45, 7) is 0. The second-order valence-electron chi connectivity index (χ2n) is 3.98. The third-order valence-corrected chi connectivity index (χ3v) is 3.21. The molecule has 0 atom stereocenters. The summed E-state index contributed by atoms with van der Waals surface area (Å²) in [5.74, 6) is -0.562. The molecule has 1 amide bonds. The maximum absolute atomic E-state index is 11.5. The Bertz CT molecular complexity index is 706. The Morgan fingerprint density at radius 3 is 2.83 bits per heavy atom. The second kappa shape index (κ2) is 4.62. The van der Waals surface area contributed by atoms with Gasteiger partial charge in [-0.25, -0.2) is 8.42 Å². The van der Waals surface area contributed by atoms with Crippen LogP contribution in [-0.4, -0.2) is 25.6 Å². The van der Waals surface area contributed by atoms with Crippen LogP contribution in [0.1, 0.15) is 5.56 Å². The highest BCUT2D eigenvalue weighted by Crippen LogP contribution is 2.22. The van der Waals surface area contributed by atoms with Gasteiger partial charge in [-0.15, -0.1) is 0 Å². The Hall–Kier alpha value is -1.53. The molecular weight excluding hydrogens is 276 g/mol. The first-order valence-electron chi connectivity index (χ1n) is 5.11. The zero-order valence-electron chi connectivity index (χ0n) is 9.53. The molecule has 0 saturated carbocycles. The average molecular weight is 287 g/mol. The molecule has 0 bridgehead atoms. The van der Waals surface area contributed by atoms with Crippen molar-refractivity contribution in [2.75, 3.05) is 6.26 Å². The molecule has 2 N–H and O–H groups in total. The summed E-state index contributed by atoms with van der Waals surface area (Å²) in [7, 11) is -3.52. The van der Waals surface area contributed by atoms with E-state index in [0.717, 1.165) is 22.7 Å². The van der Waals surface area contributed by atoms with Gasteiger partial charge in [0.2, 0.25) is 15.9 Å². The van der Waals surface area contributed by atoms with Crippen LogP contribution in [0, 0.1) is 0 Å². The molecule has 0 aliphatic carbocycles. The van der Waals surface area contributed by atoms with Crippen molar-refractivity contribution in [3.8, 4) is 0 Å². The van der Waals surface area contributed by atoms with Crippen LogP contribution in [-0.2, 0) is 21.2 Å². The van der Waals surface area contributed by atoms with Gasteiger partial charge in [0.15, 0.2) is 0 Å². The number of amides is 1. The standard InChI is InChI=1S/C11H11ClN2O3S/c1-18(16,17)14-11(15)4-7-6-13-10-5-8(12)2-3-9(7)10/h2-3,5-6,13H,4H2,1H3,(H,14,15). The number of aromatic amines is 1. The molecule has 18 heavy (non-hydrogen) atoms. The van der Waals surface area contributed by atoms with E-state index in [2.05, 4.69) is 4.98 Å². The highest BCUT2D eigenvalue weighted by Gasteiger charge is 2.12. The fourth-order valence-electron chi connectivity index (χ4n) is 1.72. The predicted molar refractivity (Wildman–Crippen MR) is 70.0 cm³/mol. The topological polar surface area (TPSA) is 79.0 Å². The number of hydrogen-bond acceptors (Lipinski definition) is 3. The Kier molecular flexibility index (Phi) is 3.32. The van der Waals surface area contributed by atoms with Crippen LogP contribution in [0.2, 0.25) is 5.02 Å². The maximum atomic E-state index is 11.5. The third-order valence-electron chi connectivity index (χ3n) is 2.38. The van der Waals surface area contributed by atoms with Crippen molar-refractivity contribution in [2.45, 2.75) is 6.42 Å². The van der Waals surface area contributed by atoms with Gasteiger partial charge in [-0.3, -0.25) is 9.52 Å². The van der Waals surface area contributed by atoms with E-state index in [9.17, 15) is 13.2 Å². The molecule has 0 radical (unpaired) electrons. The van der Waals surface area contributed by atoms with Crippen molar-refractivity contribution in [3.05, 3.63) is 35.0 Å². The van der Waals surface area contributed by atoms with Crippen molar-refractivity contribution in [1.82, 2.24) is 9.71 Å². The van der Waals surface area contributed by atoms with Crippen molar-refractivity contribution in [1.29, 1.82) is 0 Å². The number of halogens is 1. The number of H-pyrrole nitrogens is 1. The summed E-state index contributed by atoms with van der Waals surface area (Å²) < 4.78 is 23.8. The molecule has 1 heterocycles. The number of hydrogen-bond donors (Lipinski definition) is 2. The molecule has 1 aromatic carbocycles. The molecule has 7 heteroatoms. The zero-order chi connectivity index (χ0) is 13.3. The minimum absolute atomic E-state index is 0.00526. The van der Waals surface area contributed by atoms with E-state index in [0.29, 0.717) is 5.02 Å². The van der Waals surface area contributed by atoms with E-state index in [1.54, 1.807) is 24.4 Å². The number of sulfonamides is 1. The first-order chi connectivity index (χ1) is 8.35. The molecule has 5 nitrogen and oxygen atoms in total. The minimum Gasteiger partial charge on any atom is -0.361 e. The van der Waals surface area contributed by atoms with Crippen LogP contribution in [0.15, 0.2) is 24.4 Å². The normalized spacial score (nSPS) is 11.7. The largest absolute Gasteiger partial charge is 0.361 e. The monoisotopic (exact) mass is 286 g/mol. The van der Waals surface area contributed by atoms with Gasteiger partial charge >= 0.3 is 0 Å². The molecule has 96 valence electrons. The smallest absolute Gasteiger partial charge is 0.237 e. The lowest BCUT2D eigenvalue weighted by molar-refractivity contribution is -0.118. The Morgan fingerprint density at radius 2 is 2.17 bits per heavy atom. The van der Waals surface area contributed by atoms with E-state index >= 15 is 0 Å². The number of carbonyl (C=O) groups is 1. The van der Waals surface area contributed by atoms with E-state index < -0.39 is 15.9 Å². The van der Waals surface area contributed by atoms with Gasteiger partial charge in [0, 0.05) is 22.1 Å². The van der Waals surface area contributed by atoms with E-state index in [1.807, 2.05) is 4.72 Å². The summed E-state index contributed by atoms with van der Waals surface area (Å²) in [6, 6.07) is 5.25. The number of fused-ring (bicyclic) bond motifs is 1. The molecule has 0 spiro atoms. The van der Waals surface area contributed by atoms with Crippen molar-refractivity contribution in [2.24, 2.45) is 0 Å². The summed E-state index contributed by atoms with van der Waals surface area (Å²) in [5, 5.41) is 1.44. The third kappa shape index (κ3) is 3.02. The minimum atomic E-state index is -3.52. The molecular formula is C11H11ClN2O3S. The second-order valence-corrected chi connectivity index (χ2v) is 6.16. The molecule has 2 aromatic rings. The van der Waals surface area contributed by atoms with Gasteiger partial charge in [0.1, 0.15) is 0 Å². The van der Waals surface area contributed by atoms with Gasteiger partial charge < -0.3 is 4.98 Å². The van der Waals surface area contributed by atoms with E-state index in [1.165, 1.54) is 0 Å². The van der Waals surface area contributed by atoms with Crippen LogP contribution < -0.4 is 4.72 Å². The van der Waals surface area contributed by atoms with Gasteiger partial charge in [-0.1, -0.05) is 17.7 Å². The lowest BCUT2D eigenvalue weighted by Crippen LogP contribution is -2.30. The van der Waals surface area contributed by atoms with Crippen LogP contribution in [0.25, 0.3) is 10.9 Å². The number of carbonyl (C=O) groups excluding carboxylic acids is 1. The summed E-state index contributed by atoms with van der Waals surface area (Å²) in [6.07, 6.45) is 2.61. The van der Waals surface area contributed by atoms with Gasteiger partial charge in [-0.2, -0.15) is 0 Å². The predicted octanol–water partition coefficient (Wildman–Crippen LogP) is 1.44. The summed E-state index contributed by atoms with van der Waals surface area (Å²) in [5.41, 5.74) is 1.53. The molecule has 0 aliphatic heterocycles. The van der Waals surface area contributed by atoms with E-state index in [4.69, 9.17) is 11.6 Å². The molecule has 0 aliphatic rings. The maximum Gasteiger partial charge on any atom is 0.237 e. The van der Waals surface area contributed by atoms with Crippen molar-refractivity contribution >= 4 is 38.4 Å². The number of aromatic nitrogens is 1. The first-order valence-corrected chi connectivity index (χ1v) is 7.38. The van der Waals surface area contributed by atoms with Crippen LogP contribution in [0.3, 0.4) is 0 Å². The molecule has 0 unspecified atom stereocenters. The van der Waals surface area contributed by atoms with Gasteiger partial charge in [-0.05, 0) is 17.7 Å². The Balaban J connectivity index is 2.25. The highest BCUT2D eigenvalue weighted by atomic mass is 35.5. The lowest BCUT2D eigenvalue weighted by Gasteiger charge is -2.01. The van der Waals surface area contributed by atoms with Crippen LogP contribution in [0.5, 0.6) is 0 Å². The number of benzene rings is 1. The Labute approximate surface area is 109 Å². The average Bonchev–Trinajstić information content (AvgIpc) is 2.57.